The molecule has 160 valence electrons. The average molecular weight is 443 g/mol. The zero-order chi connectivity index (χ0) is 22.1. The molecule has 1 amide bonds. The van der Waals surface area contributed by atoms with Gasteiger partial charge in [-0.1, -0.05) is 12.1 Å². The second kappa shape index (κ2) is 8.03. The summed E-state index contributed by atoms with van der Waals surface area (Å²) in [7, 11) is -4.04. The molecule has 0 N–H and O–H groups in total. The van der Waals surface area contributed by atoms with Crippen LogP contribution >= 0.6 is 0 Å². The van der Waals surface area contributed by atoms with E-state index in [1.807, 2.05) is 0 Å². The lowest BCUT2D eigenvalue weighted by molar-refractivity contribution is -0.385. The van der Waals surface area contributed by atoms with Crippen molar-refractivity contribution in [2.75, 3.05) is 26.2 Å². The number of nitro groups is 1. The number of carbonyl (C=O) groups excluding carboxylic acids is 1. The first-order valence-electron chi connectivity index (χ1n) is 8.72. The van der Waals surface area contributed by atoms with Crippen LogP contribution in [-0.4, -0.2) is 54.6 Å². The molecule has 1 fully saturated rings. The Morgan fingerprint density at radius 3 is 2.07 bits per heavy atom. The van der Waals surface area contributed by atoms with Crippen LogP contribution in [0.4, 0.5) is 18.9 Å². The van der Waals surface area contributed by atoms with Gasteiger partial charge in [0, 0.05) is 32.2 Å². The van der Waals surface area contributed by atoms with Gasteiger partial charge in [-0.15, -0.1) is 0 Å². The molecule has 0 bridgehead atoms. The Kier molecular flexibility index (Phi) is 5.81. The van der Waals surface area contributed by atoms with E-state index in [4.69, 9.17) is 0 Å². The van der Waals surface area contributed by atoms with Crippen LogP contribution in [0.3, 0.4) is 0 Å². The minimum absolute atomic E-state index is 0.00918. The molecule has 0 unspecified atom stereocenters. The van der Waals surface area contributed by atoms with Crippen LogP contribution in [0.25, 0.3) is 0 Å². The van der Waals surface area contributed by atoms with Gasteiger partial charge in [-0.3, -0.25) is 14.9 Å². The van der Waals surface area contributed by atoms with Crippen LogP contribution in [0, 0.1) is 10.1 Å². The van der Waals surface area contributed by atoms with Crippen LogP contribution in [0.2, 0.25) is 0 Å². The SMILES string of the molecule is O=C(c1ccccc1[N+](=O)[O-])N1CCN(S(=O)(=O)c2ccc(C(F)(F)F)cc2)CC1. The van der Waals surface area contributed by atoms with E-state index in [0.717, 1.165) is 16.4 Å². The number of rotatable bonds is 4. The normalized spacial score (nSPS) is 15.8. The molecular formula is C18H16F3N3O5S. The molecular weight excluding hydrogens is 427 g/mol. The average Bonchev–Trinajstić information content (AvgIpc) is 2.72. The maximum absolute atomic E-state index is 12.7. The molecule has 0 radical (unpaired) electrons. The number of benzene rings is 2. The highest BCUT2D eigenvalue weighted by Crippen LogP contribution is 2.30. The maximum atomic E-state index is 12.7. The van der Waals surface area contributed by atoms with Crippen molar-refractivity contribution in [1.82, 2.24) is 9.21 Å². The number of nitro benzene ring substituents is 1. The molecule has 8 nitrogen and oxygen atoms in total. The quantitative estimate of drug-likeness (QED) is 0.534. The van der Waals surface area contributed by atoms with E-state index >= 15 is 0 Å². The van der Waals surface area contributed by atoms with Crippen molar-refractivity contribution in [2.24, 2.45) is 0 Å². The third-order valence-corrected chi connectivity index (χ3v) is 6.59. The number of amides is 1. The molecule has 3 rings (SSSR count). The van der Waals surface area contributed by atoms with Crippen molar-refractivity contribution < 1.29 is 31.3 Å². The summed E-state index contributed by atoms with van der Waals surface area (Å²) in [6, 6.07) is 8.63. The number of para-hydroxylation sites is 1. The van der Waals surface area contributed by atoms with Gasteiger partial charge < -0.3 is 4.90 Å². The number of halogens is 3. The van der Waals surface area contributed by atoms with E-state index in [1.54, 1.807) is 0 Å². The number of sulfonamides is 1. The minimum Gasteiger partial charge on any atom is -0.336 e. The van der Waals surface area contributed by atoms with Crippen molar-refractivity contribution in [3.63, 3.8) is 0 Å². The summed E-state index contributed by atoms with van der Waals surface area (Å²) in [5.74, 6) is -0.589. The van der Waals surface area contributed by atoms with Crippen molar-refractivity contribution in [3.8, 4) is 0 Å². The number of piperazine rings is 1. The summed E-state index contributed by atoms with van der Waals surface area (Å²) in [4.78, 5) is 24.1. The zero-order valence-corrected chi connectivity index (χ0v) is 16.2. The van der Waals surface area contributed by atoms with Gasteiger partial charge in [-0.25, -0.2) is 8.42 Å². The predicted octanol–water partition coefficient (Wildman–Crippen LogP) is 2.76. The lowest BCUT2D eigenvalue weighted by Crippen LogP contribution is -2.50. The van der Waals surface area contributed by atoms with E-state index in [0.29, 0.717) is 12.1 Å². The first-order valence-corrected chi connectivity index (χ1v) is 10.2. The van der Waals surface area contributed by atoms with Crippen LogP contribution in [0.5, 0.6) is 0 Å². The van der Waals surface area contributed by atoms with Gasteiger partial charge in [0.2, 0.25) is 10.0 Å². The molecule has 1 heterocycles. The van der Waals surface area contributed by atoms with Crippen LogP contribution < -0.4 is 0 Å². The molecule has 0 spiro atoms. The second-order valence-electron chi connectivity index (χ2n) is 6.49. The topological polar surface area (TPSA) is 101 Å². The molecule has 0 saturated carbocycles. The monoisotopic (exact) mass is 443 g/mol. The summed E-state index contributed by atoms with van der Waals surface area (Å²) < 4.78 is 64.5. The molecule has 2 aromatic rings. The fourth-order valence-corrected chi connectivity index (χ4v) is 4.50. The standard InChI is InChI=1S/C18H16F3N3O5S/c19-18(20,21)13-5-7-14(8-6-13)30(28,29)23-11-9-22(10-12-23)17(25)15-3-1-2-4-16(15)24(26)27/h1-8H,9-12H2. The van der Waals surface area contributed by atoms with Crippen LogP contribution in [0.15, 0.2) is 53.4 Å². The predicted molar refractivity (Wildman–Crippen MR) is 99.2 cm³/mol. The van der Waals surface area contributed by atoms with Gasteiger partial charge >= 0.3 is 6.18 Å². The molecule has 1 saturated heterocycles. The summed E-state index contributed by atoms with van der Waals surface area (Å²) >= 11 is 0. The Morgan fingerprint density at radius 1 is 0.967 bits per heavy atom. The third-order valence-electron chi connectivity index (χ3n) is 4.68. The van der Waals surface area contributed by atoms with Gasteiger partial charge in [0.25, 0.3) is 11.6 Å². The summed E-state index contributed by atoms with van der Waals surface area (Å²) in [5.41, 5.74) is -1.40. The first kappa shape index (κ1) is 21.7. The molecule has 0 aromatic heterocycles. The van der Waals surface area contributed by atoms with Gasteiger partial charge in [0.1, 0.15) is 5.56 Å². The fraction of sp³-hybridized carbons (Fsp3) is 0.278. The fourth-order valence-electron chi connectivity index (χ4n) is 3.08. The van der Waals surface area contributed by atoms with Gasteiger partial charge in [0.15, 0.2) is 0 Å². The van der Waals surface area contributed by atoms with Crippen LogP contribution in [-0.2, 0) is 16.2 Å². The molecule has 0 aliphatic carbocycles. The summed E-state index contributed by atoms with van der Waals surface area (Å²) in [5, 5.41) is 11.1. The Labute approximate surface area is 169 Å². The third kappa shape index (κ3) is 4.28. The van der Waals surface area contributed by atoms with E-state index < -0.39 is 32.6 Å². The highest BCUT2D eigenvalue weighted by Gasteiger charge is 2.34. The van der Waals surface area contributed by atoms with Crippen molar-refractivity contribution in [1.29, 1.82) is 0 Å². The molecule has 0 atom stereocenters. The largest absolute Gasteiger partial charge is 0.416 e. The molecule has 1 aliphatic heterocycles. The molecule has 30 heavy (non-hydrogen) atoms. The lowest BCUT2D eigenvalue weighted by atomic mass is 10.1. The minimum atomic E-state index is -4.58. The zero-order valence-electron chi connectivity index (χ0n) is 15.4. The number of carbonyl (C=O) groups is 1. The van der Waals surface area contributed by atoms with E-state index in [-0.39, 0.29) is 42.3 Å². The smallest absolute Gasteiger partial charge is 0.336 e. The number of nitrogens with zero attached hydrogens (tertiary/aromatic N) is 3. The van der Waals surface area contributed by atoms with Gasteiger partial charge in [-0.2, -0.15) is 17.5 Å². The molecule has 2 aromatic carbocycles. The van der Waals surface area contributed by atoms with E-state index in [2.05, 4.69) is 0 Å². The Bertz CT molecular complexity index is 1060. The van der Waals surface area contributed by atoms with Crippen LogP contribution in [0.1, 0.15) is 15.9 Å². The van der Waals surface area contributed by atoms with E-state index in [1.165, 1.54) is 29.2 Å². The summed E-state index contributed by atoms with van der Waals surface area (Å²) in [6.45, 7) is -0.194. The van der Waals surface area contributed by atoms with Crippen molar-refractivity contribution in [3.05, 3.63) is 69.8 Å². The number of hydrogen-bond acceptors (Lipinski definition) is 5. The molecule has 1 aliphatic rings. The Balaban J connectivity index is 1.72. The van der Waals surface area contributed by atoms with Gasteiger partial charge in [0.05, 0.1) is 15.4 Å². The van der Waals surface area contributed by atoms with Crippen molar-refractivity contribution in [2.45, 2.75) is 11.1 Å². The highest BCUT2D eigenvalue weighted by molar-refractivity contribution is 7.89. The van der Waals surface area contributed by atoms with E-state index in [9.17, 15) is 36.5 Å². The first-order chi connectivity index (χ1) is 14.0. The Morgan fingerprint density at radius 2 is 1.53 bits per heavy atom. The maximum Gasteiger partial charge on any atom is 0.416 e. The summed E-state index contributed by atoms with van der Waals surface area (Å²) in [6.07, 6.45) is -4.58. The number of hydrogen-bond donors (Lipinski definition) is 0. The van der Waals surface area contributed by atoms with Gasteiger partial charge in [-0.05, 0) is 30.3 Å². The second-order valence-corrected chi connectivity index (χ2v) is 8.43. The lowest BCUT2D eigenvalue weighted by Gasteiger charge is -2.34. The molecule has 12 heteroatoms. The Hall–Kier alpha value is -2.99. The number of alkyl halides is 3. The van der Waals surface area contributed by atoms with Crippen molar-refractivity contribution >= 4 is 21.6 Å². The highest BCUT2D eigenvalue weighted by atomic mass is 32.2.